The van der Waals surface area contributed by atoms with Crippen molar-refractivity contribution in [3.8, 4) is 5.75 Å². The maximum absolute atomic E-state index is 12.7. The summed E-state index contributed by atoms with van der Waals surface area (Å²) in [6.07, 6.45) is 0.549. The van der Waals surface area contributed by atoms with Gasteiger partial charge in [-0.15, -0.1) is 10.2 Å². The van der Waals surface area contributed by atoms with Crippen LogP contribution < -0.4 is 10.1 Å². The van der Waals surface area contributed by atoms with Crippen LogP contribution in [0.4, 0.5) is 11.4 Å². The first-order valence-corrected chi connectivity index (χ1v) is 10.6. The molecule has 1 amide bonds. The minimum Gasteiger partial charge on any atom is -0.485 e. The van der Waals surface area contributed by atoms with E-state index < -0.39 is 10.2 Å². The molecule has 9 nitrogen and oxygen atoms in total. The number of nitro benzene ring substituents is 1. The van der Waals surface area contributed by atoms with Gasteiger partial charge in [0, 0.05) is 24.9 Å². The van der Waals surface area contributed by atoms with Crippen molar-refractivity contribution in [1.29, 1.82) is 0 Å². The van der Waals surface area contributed by atoms with Crippen molar-refractivity contribution >= 4 is 29.0 Å². The molecule has 0 fully saturated rings. The van der Waals surface area contributed by atoms with Gasteiger partial charge in [0.25, 0.3) is 5.69 Å². The van der Waals surface area contributed by atoms with Gasteiger partial charge in [0.1, 0.15) is 12.4 Å². The number of nitrogens with one attached hydrogen (secondary N) is 1. The maximum atomic E-state index is 12.7. The van der Waals surface area contributed by atoms with Crippen molar-refractivity contribution in [2.45, 2.75) is 37.3 Å². The van der Waals surface area contributed by atoms with E-state index in [-0.39, 0.29) is 18.2 Å². The van der Waals surface area contributed by atoms with Crippen molar-refractivity contribution in [2.75, 3.05) is 5.32 Å². The highest BCUT2D eigenvalue weighted by Crippen LogP contribution is 2.26. The average Bonchev–Trinajstić information content (AvgIpc) is 3.10. The Kier molecular flexibility index (Phi) is 7.24. The van der Waals surface area contributed by atoms with Crippen molar-refractivity contribution in [2.24, 2.45) is 7.05 Å². The topological polar surface area (TPSA) is 112 Å². The Labute approximate surface area is 184 Å². The number of thioether (sulfide) groups is 1. The number of nitrogens with zero attached hydrogens (tertiary/aromatic N) is 4. The van der Waals surface area contributed by atoms with Gasteiger partial charge in [0.2, 0.25) is 5.91 Å². The quantitative estimate of drug-likeness (QED) is 0.302. The summed E-state index contributed by atoms with van der Waals surface area (Å²) in [5.74, 6) is 1.16. The summed E-state index contributed by atoms with van der Waals surface area (Å²) in [5.41, 5.74) is 1.33. The third-order valence-electron chi connectivity index (χ3n) is 4.61. The first-order valence-electron chi connectivity index (χ1n) is 9.67. The summed E-state index contributed by atoms with van der Waals surface area (Å²) in [5, 5.41) is 22.2. The van der Waals surface area contributed by atoms with Crippen LogP contribution in [0.3, 0.4) is 0 Å². The third-order valence-corrected chi connectivity index (χ3v) is 6.01. The molecule has 0 aliphatic carbocycles. The van der Waals surface area contributed by atoms with E-state index in [1.54, 1.807) is 10.6 Å². The molecule has 3 aromatic rings. The molecule has 1 aromatic heterocycles. The number of carbonyl (C=O) groups excluding carboxylic acids is 1. The van der Waals surface area contributed by atoms with Gasteiger partial charge in [-0.2, -0.15) is 0 Å². The van der Waals surface area contributed by atoms with E-state index >= 15 is 0 Å². The lowest BCUT2D eigenvalue weighted by Crippen LogP contribution is -2.25. The van der Waals surface area contributed by atoms with Gasteiger partial charge in [-0.25, -0.2) is 0 Å². The Balaban J connectivity index is 1.65. The molecule has 3 rings (SSSR count). The summed E-state index contributed by atoms with van der Waals surface area (Å²) in [6, 6.07) is 13.6. The van der Waals surface area contributed by atoms with E-state index in [2.05, 4.69) is 15.5 Å². The van der Waals surface area contributed by atoms with Crippen LogP contribution in [0.5, 0.6) is 5.75 Å². The number of anilines is 1. The van der Waals surface area contributed by atoms with Gasteiger partial charge in [-0.1, -0.05) is 43.0 Å². The van der Waals surface area contributed by atoms with Crippen LogP contribution >= 0.6 is 11.8 Å². The van der Waals surface area contributed by atoms with E-state index in [9.17, 15) is 14.9 Å². The molecule has 0 saturated carbocycles. The first-order chi connectivity index (χ1) is 14.9. The van der Waals surface area contributed by atoms with Gasteiger partial charge >= 0.3 is 0 Å². The van der Waals surface area contributed by atoms with Crippen LogP contribution in [0.2, 0.25) is 0 Å². The molecule has 0 aliphatic heterocycles. The number of carbonyl (C=O) groups is 1. The lowest BCUT2D eigenvalue weighted by molar-refractivity contribution is -0.384. The van der Waals surface area contributed by atoms with Crippen LogP contribution in [0.15, 0.2) is 53.7 Å². The van der Waals surface area contributed by atoms with Crippen molar-refractivity contribution in [3.63, 3.8) is 0 Å². The maximum Gasteiger partial charge on any atom is 0.271 e. The SMILES string of the molecule is CCC(Sc1nnc(COc2ccccc2C)n1C)C(=O)Nc1cccc([N+](=O)[O-])c1. The molecule has 0 aliphatic rings. The molecule has 31 heavy (non-hydrogen) atoms. The number of aromatic nitrogens is 3. The summed E-state index contributed by atoms with van der Waals surface area (Å²) in [7, 11) is 1.82. The Morgan fingerprint density at radius 2 is 2.03 bits per heavy atom. The minimum atomic E-state index is -0.498. The number of nitro groups is 1. The minimum absolute atomic E-state index is 0.0786. The van der Waals surface area contributed by atoms with Gasteiger partial charge in [-0.05, 0) is 31.0 Å². The fourth-order valence-electron chi connectivity index (χ4n) is 2.80. The van der Waals surface area contributed by atoms with Crippen molar-refractivity contribution in [3.05, 3.63) is 70.0 Å². The highest BCUT2D eigenvalue weighted by molar-refractivity contribution is 8.00. The zero-order valence-corrected chi connectivity index (χ0v) is 18.3. The van der Waals surface area contributed by atoms with Crippen LogP contribution in [-0.4, -0.2) is 30.8 Å². The molecule has 162 valence electrons. The number of hydrogen-bond donors (Lipinski definition) is 1. The fourth-order valence-corrected chi connectivity index (χ4v) is 3.74. The van der Waals surface area contributed by atoms with Crippen molar-refractivity contribution < 1.29 is 14.5 Å². The molecule has 0 spiro atoms. The van der Waals surface area contributed by atoms with E-state index in [0.29, 0.717) is 23.1 Å². The second kappa shape index (κ2) is 10.1. The number of para-hydroxylation sites is 1. The van der Waals surface area contributed by atoms with Crippen LogP contribution in [-0.2, 0) is 18.4 Å². The van der Waals surface area contributed by atoms with Crippen molar-refractivity contribution in [1.82, 2.24) is 14.8 Å². The van der Waals surface area contributed by atoms with Gasteiger partial charge in [0.15, 0.2) is 11.0 Å². The second-order valence-corrected chi connectivity index (χ2v) is 7.99. The number of hydrogen-bond acceptors (Lipinski definition) is 7. The molecule has 1 atom stereocenters. The molecule has 1 heterocycles. The molecule has 0 radical (unpaired) electrons. The molecule has 1 N–H and O–H groups in total. The molecule has 0 bridgehead atoms. The van der Waals surface area contributed by atoms with Crippen LogP contribution in [0.1, 0.15) is 24.7 Å². The van der Waals surface area contributed by atoms with Gasteiger partial charge in [-0.3, -0.25) is 14.9 Å². The molecular formula is C21H23N5O4S. The van der Waals surface area contributed by atoms with E-state index in [1.807, 2.05) is 45.2 Å². The summed E-state index contributed by atoms with van der Waals surface area (Å²) >= 11 is 1.29. The van der Waals surface area contributed by atoms with E-state index in [0.717, 1.165) is 11.3 Å². The number of ether oxygens (including phenoxy) is 1. The Morgan fingerprint density at radius 3 is 2.74 bits per heavy atom. The smallest absolute Gasteiger partial charge is 0.271 e. The monoisotopic (exact) mass is 441 g/mol. The largest absolute Gasteiger partial charge is 0.485 e. The molecule has 1 unspecified atom stereocenters. The Morgan fingerprint density at radius 1 is 1.26 bits per heavy atom. The lowest BCUT2D eigenvalue weighted by Gasteiger charge is -2.14. The Hall–Kier alpha value is -3.40. The standard InChI is InChI=1S/C21H23N5O4S/c1-4-18(20(27)22-15-9-7-10-16(12-15)26(28)29)31-21-24-23-19(25(21)3)13-30-17-11-6-5-8-14(17)2/h5-12,18H,4,13H2,1-3H3,(H,22,27). The normalized spacial score (nSPS) is 11.7. The molecule has 10 heteroatoms. The lowest BCUT2D eigenvalue weighted by atomic mass is 10.2. The summed E-state index contributed by atoms with van der Waals surface area (Å²) < 4.78 is 7.64. The number of amides is 1. The predicted molar refractivity (Wildman–Crippen MR) is 118 cm³/mol. The molecular weight excluding hydrogens is 418 g/mol. The van der Waals surface area contributed by atoms with E-state index in [4.69, 9.17) is 4.74 Å². The Bertz CT molecular complexity index is 1090. The third kappa shape index (κ3) is 5.60. The van der Waals surface area contributed by atoms with Crippen LogP contribution in [0.25, 0.3) is 0 Å². The summed E-state index contributed by atoms with van der Waals surface area (Å²) in [4.78, 5) is 23.1. The average molecular weight is 442 g/mol. The first kappa shape index (κ1) is 22.3. The molecule has 0 saturated heterocycles. The zero-order chi connectivity index (χ0) is 22.4. The number of rotatable bonds is 9. The molecule has 2 aromatic carbocycles. The number of non-ortho nitro benzene ring substituents is 1. The number of benzene rings is 2. The van der Waals surface area contributed by atoms with E-state index in [1.165, 1.54) is 30.0 Å². The second-order valence-electron chi connectivity index (χ2n) is 6.82. The number of aryl methyl sites for hydroxylation is 1. The summed E-state index contributed by atoms with van der Waals surface area (Å²) in [6.45, 7) is 4.12. The highest BCUT2D eigenvalue weighted by atomic mass is 32.2. The fraction of sp³-hybridized carbons (Fsp3) is 0.286. The van der Waals surface area contributed by atoms with Gasteiger partial charge in [0.05, 0.1) is 10.2 Å². The van der Waals surface area contributed by atoms with Crippen LogP contribution in [0, 0.1) is 17.0 Å². The highest BCUT2D eigenvalue weighted by Gasteiger charge is 2.22. The predicted octanol–water partition coefficient (Wildman–Crippen LogP) is 4.12. The zero-order valence-electron chi connectivity index (χ0n) is 17.4. The van der Waals surface area contributed by atoms with Gasteiger partial charge < -0.3 is 14.6 Å².